The summed E-state index contributed by atoms with van der Waals surface area (Å²) in [4.78, 5) is 10.8. The van der Waals surface area contributed by atoms with Crippen LogP contribution >= 0.6 is 11.8 Å². The lowest BCUT2D eigenvalue weighted by Crippen LogP contribution is -2.09. The van der Waals surface area contributed by atoms with E-state index in [4.69, 9.17) is 14.6 Å². The van der Waals surface area contributed by atoms with Crippen molar-refractivity contribution in [2.75, 3.05) is 37.9 Å². The Hall–Kier alpha value is -0.260. The first-order chi connectivity index (χ1) is 6.31. The van der Waals surface area contributed by atoms with Crippen LogP contribution in [0, 0.1) is 0 Å². The van der Waals surface area contributed by atoms with E-state index in [1.165, 1.54) is 11.8 Å². The average molecular weight is 208 g/mol. The van der Waals surface area contributed by atoms with Crippen LogP contribution in [0.1, 0.15) is 6.92 Å². The first-order valence-electron chi connectivity index (χ1n) is 4.23. The topological polar surface area (TPSA) is 55.8 Å². The van der Waals surface area contributed by atoms with E-state index in [-0.39, 0.29) is 12.6 Å². The second kappa shape index (κ2) is 9.83. The number of ether oxygens (including phenoxy) is 2. The van der Waals surface area contributed by atoms with Crippen LogP contribution in [0.4, 0.5) is 0 Å². The second-order valence-corrected chi connectivity index (χ2v) is 3.30. The fourth-order valence-electron chi connectivity index (χ4n) is 0.643. The number of carbonyl (C=O) groups excluding carboxylic acids is 1. The van der Waals surface area contributed by atoms with Gasteiger partial charge in [-0.15, -0.1) is 11.8 Å². The summed E-state index contributed by atoms with van der Waals surface area (Å²) < 4.78 is 9.73. The molecule has 0 radical (unpaired) electrons. The summed E-state index contributed by atoms with van der Waals surface area (Å²) in [6.45, 7) is 3.18. The van der Waals surface area contributed by atoms with Crippen LogP contribution in [0.15, 0.2) is 0 Å². The molecule has 0 unspecified atom stereocenters. The summed E-state index contributed by atoms with van der Waals surface area (Å²) in [6, 6.07) is 0. The first kappa shape index (κ1) is 12.7. The van der Waals surface area contributed by atoms with E-state index in [2.05, 4.69) is 0 Å². The summed E-state index contributed by atoms with van der Waals surface area (Å²) >= 11 is 1.47. The molecule has 0 atom stereocenters. The molecule has 0 fully saturated rings. The molecular formula is C8H16O4S. The van der Waals surface area contributed by atoms with Gasteiger partial charge in [0.2, 0.25) is 0 Å². The van der Waals surface area contributed by atoms with Crippen LogP contribution in [-0.2, 0) is 14.3 Å². The minimum atomic E-state index is -0.186. The van der Waals surface area contributed by atoms with Gasteiger partial charge in [-0.1, -0.05) is 0 Å². The monoisotopic (exact) mass is 208 g/mol. The Bertz CT molecular complexity index is 129. The number of aliphatic hydroxyl groups excluding tert-OH is 1. The molecule has 0 bridgehead atoms. The van der Waals surface area contributed by atoms with Crippen molar-refractivity contribution >= 4 is 17.7 Å². The van der Waals surface area contributed by atoms with Crippen LogP contribution in [0.3, 0.4) is 0 Å². The second-order valence-electron chi connectivity index (χ2n) is 2.19. The van der Waals surface area contributed by atoms with Crippen molar-refractivity contribution in [2.45, 2.75) is 6.92 Å². The van der Waals surface area contributed by atoms with Gasteiger partial charge in [-0.25, -0.2) is 0 Å². The highest BCUT2D eigenvalue weighted by Gasteiger charge is 2.00. The molecule has 0 aromatic rings. The fourth-order valence-corrected chi connectivity index (χ4v) is 1.27. The maximum atomic E-state index is 10.8. The lowest BCUT2D eigenvalue weighted by Gasteiger charge is -2.02. The number of hydrogen-bond donors (Lipinski definition) is 1. The van der Waals surface area contributed by atoms with E-state index >= 15 is 0 Å². The van der Waals surface area contributed by atoms with E-state index in [1.807, 2.05) is 0 Å². The highest BCUT2D eigenvalue weighted by Crippen LogP contribution is 2.00. The molecule has 0 aromatic heterocycles. The van der Waals surface area contributed by atoms with E-state index in [9.17, 15) is 4.79 Å². The van der Waals surface area contributed by atoms with Crippen LogP contribution in [0.25, 0.3) is 0 Å². The highest BCUT2D eigenvalue weighted by atomic mass is 32.2. The smallest absolute Gasteiger partial charge is 0.315 e. The lowest BCUT2D eigenvalue weighted by molar-refractivity contribution is -0.139. The van der Waals surface area contributed by atoms with Crippen molar-refractivity contribution < 1.29 is 19.4 Å². The summed E-state index contributed by atoms with van der Waals surface area (Å²) in [5.74, 6) is 0.935. The van der Waals surface area contributed by atoms with Crippen LogP contribution in [0.2, 0.25) is 0 Å². The molecule has 0 aliphatic heterocycles. The molecule has 13 heavy (non-hydrogen) atoms. The summed E-state index contributed by atoms with van der Waals surface area (Å²) in [7, 11) is 0. The molecule has 0 aromatic carbocycles. The number of hydrogen-bond acceptors (Lipinski definition) is 5. The maximum Gasteiger partial charge on any atom is 0.315 e. The third kappa shape index (κ3) is 9.66. The van der Waals surface area contributed by atoms with Crippen molar-refractivity contribution in [1.29, 1.82) is 0 Å². The van der Waals surface area contributed by atoms with E-state index < -0.39 is 0 Å². The van der Waals surface area contributed by atoms with Crippen LogP contribution in [-0.4, -0.2) is 49.0 Å². The molecule has 0 rings (SSSR count). The number of thioether (sulfide) groups is 1. The van der Waals surface area contributed by atoms with Crippen molar-refractivity contribution in [1.82, 2.24) is 0 Å². The van der Waals surface area contributed by atoms with Crippen LogP contribution in [0.5, 0.6) is 0 Å². The molecular weight excluding hydrogens is 192 g/mol. The number of aliphatic hydroxyl groups is 1. The van der Waals surface area contributed by atoms with Gasteiger partial charge in [0, 0.05) is 5.75 Å². The molecule has 5 heteroatoms. The number of carbonyl (C=O) groups is 1. The molecule has 0 saturated heterocycles. The summed E-state index contributed by atoms with van der Waals surface area (Å²) in [5, 5.41) is 8.38. The highest BCUT2D eigenvalue weighted by molar-refractivity contribution is 7.99. The lowest BCUT2D eigenvalue weighted by atomic mass is 10.7. The minimum Gasteiger partial charge on any atom is -0.465 e. The van der Waals surface area contributed by atoms with Crippen molar-refractivity contribution in [2.24, 2.45) is 0 Å². The third-order valence-electron chi connectivity index (χ3n) is 1.13. The average Bonchev–Trinajstić information content (AvgIpc) is 2.11. The Kier molecular flexibility index (Phi) is 9.63. The standard InChI is InChI=1S/C8H16O4S/c1-2-12-8(10)7-13-6-5-11-4-3-9/h9H,2-7H2,1H3. The Balaban J connectivity index is 3.02. The predicted octanol–water partition coefficient (Wildman–Crippen LogP) is 0.292. The molecule has 0 saturated carbocycles. The molecule has 0 spiro atoms. The molecule has 0 amide bonds. The van der Waals surface area contributed by atoms with Crippen molar-refractivity contribution in [3.8, 4) is 0 Å². The quantitative estimate of drug-likeness (QED) is 0.459. The Labute approximate surface area is 82.6 Å². The summed E-state index contributed by atoms with van der Waals surface area (Å²) in [5.41, 5.74) is 0. The number of esters is 1. The van der Waals surface area contributed by atoms with Crippen LogP contribution < -0.4 is 0 Å². The van der Waals surface area contributed by atoms with E-state index in [1.54, 1.807) is 6.92 Å². The Morgan fingerprint density at radius 2 is 2.23 bits per heavy atom. The first-order valence-corrected chi connectivity index (χ1v) is 5.38. The molecule has 0 heterocycles. The fraction of sp³-hybridized carbons (Fsp3) is 0.875. The van der Waals surface area contributed by atoms with E-state index in [0.717, 1.165) is 5.75 Å². The normalized spacial score (nSPS) is 10.0. The number of rotatable bonds is 8. The zero-order valence-electron chi connectivity index (χ0n) is 7.82. The minimum absolute atomic E-state index is 0.0442. The zero-order valence-corrected chi connectivity index (χ0v) is 8.64. The predicted molar refractivity (Wildman–Crippen MR) is 51.9 cm³/mol. The van der Waals surface area contributed by atoms with Crippen molar-refractivity contribution in [3.63, 3.8) is 0 Å². The zero-order chi connectivity index (χ0) is 9.94. The van der Waals surface area contributed by atoms with Gasteiger partial charge in [-0.05, 0) is 6.92 Å². The van der Waals surface area contributed by atoms with Gasteiger partial charge in [0.25, 0.3) is 0 Å². The SMILES string of the molecule is CCOC(=O)CSCCOCCO. The van der Waals surface area contributed by atoms with Crippen molar-refractivity contribution in [3.05, 3.63) is 0 Å². The van der Waals surface area contributed by atoms with E-state index in [0.29, 0.717) is 25.6 Å². The molecule has 78 valence electrons. The molecule has 0 aliphatic rings. The van der Waals surface area contributed by atoms with Gasteiger partial charge in [0.05, 0.1) is 32.2 Å². The van der Waals surface area contributed by atoms with Gasteiger partial charge < -0.3 is 14.6 Å². The Morgan fingerprint density at radius 3 is 2.85 bits per heavy atom. The molecule has 0 aliphatic carbocycles. The third-order valence-corrected chi connectivity index (χ3v) is 2.03. The largest absolute Gasteiger partial charge is 0.465 e. The van der Waals surface area contributed by atoms with Gasteiger partial charge in [-0.2, -0.15) is 0 Å². The van der Waals surface area contributed by atoms with Gasteiger partial charge in [-0.3, -0.25) is 4.79 Å². The van der Waals surface area contributed by atoms with Gasteiger partial charge in [0.1, 0.15) is 0 Å². The summed E-state index contributed by atoms with van der Waals surface area (Å²) in [6.07, 6.45) is 0. The van der Waals surface area contributed by atoms with Gasteiger partial charge in [0.15, 0.2) is 0 Å². The molecule has 1 N–H and O–H groups in total. The Morgan fingerprint density at radius 1 is 1.46 bits per heavy atom. The maximum absolute atomic E-state index is 10.8. The van der Waals surface area contributed by atoms with Gasteiger partial charge >= 0.3 is 5.97 Å². The molecule has 4 nitrogen and oxygen atoms in total.